The molecule has 0 aromatic heterocycles. The van der Waals surface area contributed by atoms with Crippen molar-refractivity contribution in [1.82, 2.24) is 14.5 Å². The molecular weight excluding hydrogens is 346 g/mol. The fourth-order valence-corrected chi connectivity index (χ4v) is 4.79. The van der Waals surface area contributed by atoms with Crippen molar-refractivity contribution < 1.29 is 8.42 Å². The molecule has 7 heteroatoms. The molecule has 2 heterocycles. The fourth-order valence-electron chi connectivity index (χ4n) is 3.82. The number of halogens is 1. The highest BCUT2D eigenvalue weighted by Crippen LogP contribution is 2.30. The fraction of sp³-hybridized carbons (Fsp3) is 0.647. The van der Waals surface area contributed by atoms with E-state index in [4.69, 9.17) is 0 Å². The molecule has 2 saturated heterocycles. The van der Waals surface area contributed by atoms with Gasteiger partial charge < -0.3 is 5.32 Å². The lowest BCUT2D eigenvalue weighted by Crippen LogP contribution is -2.46. The molecule has 2 unspecified atom stereocenters. The highest BCUT2D eigenvalue weighted by atomic mass is 35.5. The summed E-state index contributed by atoms with van der Waals surface area (Å²) in [5.41, 5.74) is 1.06. The monoisotopic (exact) mass is 373 g/mol. The third-order valence-electron chi connectivity index (χ3n) is 5.18. The van der Waals surface area contributed by atoms with Gasteiger partial charge in [0.2, 0.25) is 10.0 Å². The number of hydrogen-bond acceptors (Lipinski definition) is 4. The minimum Gasteiger partial charge on any atom is -0.311 e. The van der Waals surface area contributed by atoms with Gasteiger partial charge in [0.05, 0.1) is 4.90 Å². The molecule has 2 aliphatic rings. The predicted octanol–water partition coefficient (Wildman–Crippen LogP) is 2.07. The smallest absolute Gasteiger partial charge is 0.242 e. The SMILES string of the molecule is CN(Cc1cccc(S(=O)(=O)N(C)C)c1)C1CC2CCC(C1)N2.Cl. The number of benzene rings is 1. The Kier molecular flexibility index (Phi) is 6.31. The van der Waals surface area contributed by atoms with Crippen LogP contribution in [0.1, 0.15) is 31.2 Å². The van der Waals surface area contributed by atoms with E-state index < -0.39 is 10.0 Å². The summed E-state index contributed by atoms with van der Waals surface area (Å²) in [6.45, 7) is 0.793. The molecule has 136 valence electrons. The molecule has 0 amide bonds. The first-order chi connectivity index (χ1) is 10.9. The average molecular weight is 374 g/mol. The molecule has 0 spiro atoms. The van der Waals surface area contributed by atoms with Crippen molar-refractivity contribution in [3.63, 3.8) is 0 Å². The van der Waals surface area contributed by atoms with Gasteiger partial charge >= 0.3 is 0 Å². The van der Waals surface area contributed by atoms with Crippen LogP contribution in [0, 0.1) is 0 Å². The lowest BCUT2D eigenvalue weighted by Gasteiger charge is -2.35. The topological polar surface area (TPSA) is 52.7 Å². The number of sulfonamides is 1. The lowest BCUT2D eigenvalue weighted by atomic mass is 9.98. The van der Waals surface area contributed by atoms with Crippen LogP contribution in [0.15, 0.2) is 29.2 Å². The van der Waals surface area contributed by atoms with E-state index in [1.54, 1.807) is 20.2 Å². The Morgan fingerprint density at radius 1 is 1.12 bits per heavy atom. The zero-order valence-corrected chi connectivity index (χ0v) is 16.2. The lowest BCUT2D eigenvalue weighted by molar-refractivity contribution is 0.166. The second-order valence-electron chi connectivity index (χ2n) is 7.11. The van der Waals surface area contributed by atoms with E-state index in [0.29, 0.717) is 23.0 Å². The number of piperidine rings is 1. The molecule has 0 radical (unpaired) electrons. The minimum atomic E-state index is -3.36. The Morgan fingerprint density at radius 2 is 1.75 bits per heavy atom. The maximum absolute atomic E-state index is 12.3. The first-order valence-corrected chi connectivity index (χ1v) is 9.78. The first-order valence-electron chi connectivity index (χ1n) is 8.34. The third-order valence-corrected chi connectivity index (χ3v) is 6.99. The van der Waals surface area contributed by atoms with Crippen molar-refractivity contribution in [2.24, 2.45) is 0 Å². The summed E-state index contributed by atoms with van der Waals surface area (Å²) in [6.07, 6.45) is 4.99. The third kappa shape index (κ3) is 4.11. The van der Waals surface area contributed by atoms with Crippen LogP contribution in [0.5, 0.6) is 0 Å². The van der Waals surface area contributed by atoms with Crippen molar-refractivity contribution in [3.8, 4) is 0 Å². The Morgan fingerprint density at radius 3 is 2.33 bits per heavy atom. The van der Waals surface area contributed by atoms with Crippen molar-refractivity contribution >= 4 is 22.4 Å². The molecule has 2 aliphatic heterocycles. The normalized spacial score (nSPS) is 26.6. The summed E-state index contributed by atoms with van der Waals surface area (Å²) in [5, 5.41) is 3.67. The molecule has 1 aromatic carbocycles. The molecular formula is C17H28ClN3O2S. The van der Waals surface area contributed by atoms with E-state index in [0.717, 1.165) is 12.1 Å². The van der Waals surface area contributed by atoms with Crippen LogP contribution in [0.2, 0.25) is 0 Å². The number of hydrogen-bond donors (Lipinski definition) is 1. The van der Waals surface area contributed by atoms with E-state index in [-0.39, 0.29) is 12.4 Å². The minimum absolute atomic E-state index is 0. The van der Waals surface area contributed by atoms with Gasteiger partial charge in [0, 0.05) is 38.8 Å². The van der Waals surface area contributed by atoms with Crippen LogP contribution in [0.4, 0.5) is 0 Å². The summed E-state index contributed by atoms with van der Waals surface area (Å²) in [7, 11) is 1.93. The Bertz CT molecular complexity index is 654. The van der Waals surface area contributed by atoms with Crippen LogP contribution >= 0.6 is 12.4 Å². The average Bonchev–Trinajstić information content (AvgIpc) is 2.85. The van der Waals surface area contributed by atoms with Gasteiger partial charge in [0.15, 0.2) is 0 Å². The Balaban J connectivity index is 0.00000208. The van der Waals surface area contributed by atoms with E-state index in [1.807, 2.05) is 18.2 Å². The standard InChI is InChI=1S/C17H27N3O2S.ClH/c1-19(2)23(21,22)17-6-4-5-13(9-17)12-20(3)16-10-14-7-8-15(11-16)18-14;/h4-6,9,14-16,18H,7-8,10-12H2,1-3H3;1H. The second kappa shape index (κ2) is 7.70. The molecule has 3 rings (SSSR count). The van der Waals surface area contributed by atoms with Crippen molar-refractivity contribution in [2.45, 2.75) is 55.2 Å². The number of fused-ring (bicyclic) bond motifs is 2. The molecule has 0 saturated carbocycles. The molecule has 0 aliphatic carbocycles. The summed E-state index contributed by atoms with van der Waals surface area (Å²) in [6, 6.07) is 9.25. The van der Waals surface area contributed by atoms with Gasteiger partial charge in [0.1, 0.15) is 0 Å². The van der Waals surface area contributed by atoms with Crippen molar-refractivity contribution in [3.05, 3.63) is 29.8 Å². The van der Waals surface area contributed by atoms with Gasteiger partial charge in [0.25, 0.3) is 0 Å². The first kappa shape index (κ1) is 19.7. The van der Waals surface area contributed by atoms with Gasteiger partial charge in [-0.25, -0.2) is 12.7 Å². The summed E-state index contributed by atoms with van der Waals surface area (Å²) >= 11 is 0. The number of nitrogens with one attached hydrogen (secondary N) is 1. The highest BCUT2D eigenvalue weighted by molar-refractivity contribution is 7.89. The van der Waals surface area contributed by atoms with Gasteiger partial charge in [-0.1, -0.05) is 12.1 Å². The second-order valence-corrected chi connectivity index (χ2v) is 9.26. The Labute approximate surface area is 151 Å². The quantitative estimate of drug-likeness (QED) is 0.858. The summed E-state index contributed by atoms with van der Waals surface area (Å²) in [4.78, 5) is 2.76. The molecule has 2 fully saturated rings. The number of rotatable bonds is 5. The van der Waals surface area contributed by atoms with Crippen LogP contribution in [-0.4, -0.2) is 56.9 Å². The van der Waals surface area contributed by atoms with Gasteiger partial charge in [-0.15, -0.1) is 12.4 Å². The largest absolute Gasteiger partial charge is 0.311 e. The number of nitrogens with zero attached hydrogens (tertiary/aromatic N) is 2. The van der Waals surface area contributed by atoms with Crippen LogP contribution in [-0.2, 0) is 16.6 Å². The van der Waals surface area contributed by atoms with Crippen LogP contribution < -0.4 is 5.32 Å². The Hall–Kier alpha value is -0.660. The maximum Gasteiger partial charge on any atom is 0.242 e. The van der Waals surface area contributed by atoms with E-state index >= 15 is 0 Å². The molecule has 2 bridgehead atoms. The summed E-state index contributed by atoms with van der Waals surface area (Å²) < 4.78 is 25.8. The van der Waals surface area contributed by atoms with Crippen LogP contribution in [0.3, 0.4) is 0 Å². The highest BCUT2D eigenvalue weighted by Gasteiger charge is 2.35. The van der Waals surface area contributed by atoms with E-state index in [2.05, 4.69) is 17.3 Å². The molecule has 1 aromatic rings. The van der Waals surface area contributed by atoms with Gasteiger partial charge in [-0.05, 0) is 50.4 Å². The summed E-state index contributed by atoms with van der Waals surface area (Å²) in [5.74, 6) is 0. The van der Waals surface area contributed by atoms with E-state index in [1.165, 1.54) is 30.0 Å². The molecule has 1 N–H and O–H groups in total. The van der Waals surface area contributed by atoms with Crippen LogP contribution in [0.25, 0.3) is 0 Å². The predicted molar refractivity (Wildman–Crippen MR) is 99.0 cm³/mol. The zero-order chi connectivity index (χ0) is 16.6. The molecule has 2 atom stereocenters. The maximum atomic E-state index is 12.3. The van der Waals surface area contributed by atoms with E-state index in [9.17, 15) is 8.42 Å². The van der Waals surface area contributed by atoms with Crippen molar-refractivity contribution in [2.75, 3.05) is 21.1 Å². The van der Waals surface area contributed by atoms with Crippen molar-refractivity contribution in [1.29, 1.82) is 0 Å². The molecule has 24 heavy (non-hydrogen) atoms. The van der Waals surface area contributed by atoms with Gasteiger partial charge in [-0.2, -0.15) is 0 Å². The zero-order valence-electron chi connectivity index (χ0n) is 14.6. The molecule has 5 nitrogen and oxygen atoms in total. The van der Waals surface area contributed by atoms with Gasteiger partial charge in [-0.3, -0.25) is 4.90 Å².